The highest BCUT2D eigenvalue weighted by Crippen LogP contribution is 2.13. The SMILES string of the molecule is CCCC(CCN)CNS(=O)(=O)c1cccc(C)c1. The van der Waals surface area contributed by atoms with Gasteiger partial charge in [-0.1, -0.05) is 25.5 Å². The average Bonchev–Trinajstić information content (AvgIpc) is 2.37. The summed E-state index contributed by atoms with van der Waals surface area (Å²) in [5.41, 5.74) is 6.49. The van der Waals surface area contributed by atoms with Crippen molar-refractivity contribution in [3.63, 3.8) is 0 Å². The minimum absolute atomic E-state index is 0.314. The number of nitrogens with two attached hydrogens (primary N) is 1. The van der Waals surface area contributed by atoms with Gasteiger partial charge in [0.05, 0.1) is 4.90 Å². The Morgan fingerprint density at radius 1 is 1.32 bits per heavy atom. The van der Waals surface area contributed by atoms with E-state index in [1.165, 1.54) is 0 Å². The molecule has 1 aromatic rings. The third-order valence-electron chi connectivity index (χ3n) is 3.13. The fraction of sp³-hybridized carbons (Fsp3) is 0.571. The molecule has 19 heavy (non-hydrogen) atoms. The van der Waals surface area contributed by atoms with Crippen LogP contribution in [-0.4, -0.2) is 21.5 Å². The number of hydrogen-bond acceptors (Lipinski definition) is 3. The molecular formula is C14H24N2O2S. The highest BCUT2D eigenvalue weighted by atomic mass is 32.2. The summed E-state index contributed by atoms with van der Waals surface area (Å²) in [6.45, 7) is 5.03. The topological polar surface area (TPSA) is 72.2 Å². The Hall–Kier alpha value is -0.910. The molecule has 1 atom stereocenters. The van der Waals surface area contributed by atoms with Gasteiger partial charge < -0.3 is 5.73 Å². The Morgan fingerprint density at radius 3 is 2.63 bits per heavy atom. The van der Waals surface area contributed by atoms with Crippen molar-refractivity contribution in [3.8, 4) is 0 Å². The van der Waals surface area contributed by atoms with Gasteiger partial charge in [-0.05, 0) is 49.9 Å². The lowest BCUT2D eigenvalue weighted by molar-refractivity contribution is 0.443. The Kier molecular flexibility index (Phi) is 6.48. The van der Waals surface area contributed by atoms with Gasteiger partial charge in [-0.25, -0.2) is 13.1 Å². The van der Waals surface area contributed by atoms with Gasteiger partial charge in [0.25, 0.3) is 0 Å². The van der Waals surface area contributed by atoms with Crippen molar-refractivity contribution in [2.75, 3.05) is 13.1 Å². The molecular weight excluding hydrogens is 260 g/mol. The summed E-state index contributed by atoms with van der Waals surface area (Å²) in [5, 5.41) is 0. The number of benzene rings is 1. The quantitative estimate of drug-likeness (QED) is 0.767. The molecule has 0 bridgehead atoms. The van der Waals surface area contributed by atoms with Crippen LogP contribution in [0.3, 0.4) is 0 Å². The Bertz CT molecular complexity index is 480. The van der Waals surface area contributed by atoms with E-state index in [-0.39, 0.29) is 0 Å². The van der Waals surface area contributed by atoms with Crippen LogP contribution < -0.4 is 10.5 Å². The van der Waals surface area contributed by atoms with Gasteiger partial charge in [-0.2, -0.15) is 0 Å². The fourth-order valence-electron chi connectivity index (χ4n) is 2.09. The third kappa shape index (κ3) is 5.30. The molecule has 108 valence electrons. The monoisotopic (exact) mass is 284 g/mol. The summed E-state index contributed by atoms with van der Waals surface area (Å²) in [6, 6.07) is 6.94. The first-order valence-corrected chi connectivity index (χ1v) is 8.24. The maximum Gasteiger partial charge on any atom is 0.240 e. The lowest BCUT2D eigenvalue weighted by Gasteiger charge is -2.16. The molecule has 5 heteroatoms. The highest BCUT2D eigenvalue weighted by molar-refractivity contribution is 7.89. The van der Waals surface area contributed by atoms with Crippen molar-refractivity contribution in [2.24, 2.45) is 11.7 Å². The van der Waals surface area contributed by atoms with Crippen LogP contribution >= 0.6 is 0 Å². The maximum atomic E-state index is 12.2. The zero-order chi connectivity index (χ0) is 14.3. The van der Waals surface area contributed by atoms with E-state index in [0.29, 0.717) is 23.9 Å². The van der Waals surface area contributed by atoms with Crippen molar-refractivity contribution >= 4 is 10.0 Å². The van der Waals surface area contributed by atoms with Crippen molar-refractivity contribution in [1.82, 2.24) is 4.72 Å². The molecule has 3 N–H and O–H groups in total. The number of hydrogen-bond donors (Lipinski definition) is 2. The van der Waals surface area contributed by atoms with Gasteiger partial charge in [0.2, 0.25) is 10.0 Å². The molecule has 0 fully saturated rings. The molecule has 1 unspecified atom stereocenters. The summed E-state index contributed by atoms with van der Waals surface area (Å²) in [6.07, 6.45) is 2.88. The van der Waals surface area contributed by atoms with Crippen LogP contribution in [0, 0.1) is 12.8 Å². The first kappa shape index (κ1) is 16.1. The van der Waals surface area contributed by atoms with E-state index in [9.17, 15) is 8.42 Å². The highest BCUT2D eigenvalue weighted by Gasteiger charge is 2.16. The zero-order valence-electron chi connectivity index (χ0n) is 11.7. The molecule has 0 radical (unpaired) electrons. The van der Waals surface area contributed by atoms with Crippen LogP contribution in [0.25, 0.3) is 0 Å². The number of aryl methyl sites for hydroxylation is 1. The van der Waals surface area contributed by atoms with Gasteiger partial charge in [0.15, 0.2) is 0 Å². The summed E-state index contributed by atoms with van der Waals surface area (Å²) in [5.74, 6) is 0.314. The molecule has 0 aromatic heterocycles. The number of sulfonamides is 1. The normalized spacial score (nSPS) is 13.4. The molecule has 0 aliphatic carbocycles. The van der Waals surface area contributed by atoms with Gasteiger partial charge in [0, 0.05) is 6.54 Å². The van der Waals surface area contributed by atoms with Crippen LogP contribution in [0.2, 0.25) is 0 Å². The van der Waals surface area contributed by atoms with Crippen molar-refractivity contribution in [1.29, 1.82) is 0 Å². The first-order chi connectivity index (χ1) is 8.99. The molecule has 0 saturated heterocycles. The molecule has 0 heterocycles. The fourth-order valence-corrected chi connectivity index (χ4v) is 3.31. The summed E-state index contributed by atoms with van der Waals surface area (Å²) in [4.78, 5) is 0.329. The lowest BCUT2D eigenvalue weighted by atomic mass is 10.0. The van der Waals surface area contributed by atoms with Crippen molar-refractivity contribution in [3.05, 3.63) is 29.8 Å². The largest absolute Gasteiger partial charge is 0.330 e. The summed E-state index contributed by atoms with van der Waals surface area (Å²) in [7, 11) is -3.41. The van der Waals surface area contributed by atoms with Crippen LogP contribution in [-0.2, 0) is 10.0 Å². The zero-order valence-corrected chi connectivity index (χ0v) is 12.5. The smallest absolute Gasteiger partial charge is 0.240 e. The number of nitrogens with one attached hydrogen (secondary N) is 1. The second kappa shape index (κ2) is 7.62. The van der Waals surface area contributed by atoms with Crippen LogP contribution in [0.5, 0.6) is 0 Å². The maximum absolute atomic E-state index is 12.2. The Labute approximate surface area is 116 Å². The molecule has 1 rings (SSSR count). The van der Waals surface area contributed by atoms with E-state index in [0.717, 1.165) is 24.8 Å². The van der Waals surface area contributed by atoms with Gasteiger partial charge >= 0.3 is 0 Å². The summed E-state index contributed by atoms with van der Waals surface area (Å²) >= 11 is 0. The van der Waals surface area contributed by atoms with E-state index in [1.807, 2.05) is 13.0 Å². The van der Waals surface area contributed by atoms with E-state index < -0.39 is 10.0 Å². The predicted molar refractivity (Wildman–Crippen MR) is 78.4 cm³/mol. The van der Waals surface area contributed by atoms with E-state index >= 15 is 0 Å². The molecule has 4 nitrogen and oxygen atoms in total. The van der Waals surface area contributed by atoms with Crippen LogP contribution in [0.1, 0.15) is 31.7 Å². The molecule has 0 aliphatic heterocycles. The lowest BCUT2D eigenvalue weighted by Crippen LogP contribution is -2.30. The van der Waals surface area contributed by atoms with Crippen LogP contribution in [0.4, 0.5) is 0 Å². The second-order valence-electron chi connectivity index (χ2n) is 4.90. The van der Waals surface area contributed by atoms with E-state index in [1.54, 1.807) is 18.2 Å². The predicted octanol–water partition coefficient (Wildman–Crippen LogP) is 2.04. The van der Waals surface area contributed by atoms with Gasteiger partial charge in [0.1, 0.15) is 0 Å². The minimum atomic E-state index is -3.41. The minimum Gasteiger partial charge on any atom is -0.330 e. The number of rotatable bonds is 8. The van der Waals surface area contributed by atoms with Crippen LogP contribution in [0.15, 0.2) is 29.2 Å². The molecule has 1 aromatic carbocycles. The first-order valence-electron chi connectivity index (χ1n) is 6.76. The average molecular weight is 284 g/mol. The Morgan fingerprint density at radius 2 is 2.05 bits per heavy atom. The molecule has 0 amide bonds. The van der Waals surface area contributed by atoms with E-state index in [4.69, 9.17) is 5.73 Å². The second-order valence-corrected chi connectivity index (χ2v) is 6.67. The van der Waals surface area contributed by atoms with Crippen molar-refractivity contribution < 1.29 is 8.42 Å². The third-order valence-corrected chi connectivity index (χ3v) is 4.55. The van der Waals surface area contributed by atoms with E-state index in [2.05, 4.69) is 11.6 Å². The van der Waals surface area contributed by atoms with Gasteiger partial charge in [-0.15, -0.1) is 0 Å². The standard InChI is InChI=1S/C14H24N2O2S/c1-3-5-13(8-9-15)11-16-19(17,18)14-7-4-6-12(2)10-14/h4,6-7,10,13,16H,3,5,8-9,11,15H2,1-2H3. The molecule has 0 saturated carbocycles. The van der Waals surface area contributed by atoms with Crippen molar-refractivity contribution in [2.45, 2.75) is 38.0 Å². The summed E-state index contributed by atoms with van der Waals surface area (Å²) < 4.78 is 27.0. The molecule has 0 aliphatic rings. The van der Waals surface area contributed by atoms with Gasteiger partial charge in [-0.3, -0.25) is 0 Å². The Balaban J connectivity index is 2.69. The molecule has 0 spiro atoms.